The SMILES string of the molecule is O=C1NCCN1Cc1coc(Br)c1. The highest BCUT2D eigenvalue weighted by Gasteiger charge is 2.19. The molecule has 1 aliphatic heterocycles. The third-order valence-electron chi connectivity index (χ3n) is 1.94. The molecule has 1 aliphatic rings. The molecule has 0 spiro atoms. The molecule has 1 aromatic heterocycles. The molecule has 1 fully saturated rings. The van der Waals surface area contributed by atoms with Gasteiger partial charge in [0.25, 0.3) is 0 Å². The quantitative estimate of drug-likeness (QED) is 0.859. The number of hydrogen-bond acceptors (Lipinski definition) is 2. The summed E-state index contributed by atoms with van der Waals surface area (Å²) in [5.74, 6) is 0. The lowest BCUT2D eigenvalue weighted by atomic mass is 10.3. The van der Waals surface area contributed by atoms with Crippen LogP contribution in [-0.2, 0) is 6.54 Å². The Hall–Kier alpha value is -0.970. The van der Waals surface area contributed by atoms with E-state index in [9.17, 15) is 4.79 Å². The van der Waals surface area contributed by atoms with Gasteiger partial charge in [-0.3, -0.25) is 0 Å². The van der Waals surface area contributed by atoms with Gasteiger partial charge >= 0.3 is 6.03 Å². The zero-order valence-electron chi connectivity index (χ0n) is 6.92. The van der Waals surface area contributed by atoms with Crippen molar-refractivity contribution in [1.29, 1.82) is 0 Å². The predicted octanol–water partition coefficient (Wildman–Crippen LogP) is 1.57. The Bertz CT molecular complexity index is 324. The Kier molecular flexibility index (Phi) is 2.26. The Labute approximate surface area is 84.0 Å². The molecule has 5 heteroatoms. The first-order chi connectivity index (χ1) is 6.25. The first kappa shape index (κ1) is 8.62. The highest BCUT2D eigenvalue weighted by Crippen LogP contribution is 2.16. The van der Waals surface area contributed by atoms with E-state index in [1.54, 1.807) is 11.2 Å². The van der Waals surface area contributed by atoms with Crippen molar-refractivity contribution in [1.82, 2.24) is 10.2 Å². The van der Waals surface area contributed by atoms with E-state index in [4.69, 9.17) is 4.42 Å². The fraction of sp³-hybridized carbons (Fsp3) is 0.375. The standard InChI is InChI=1S/C8H9BrN2O2/c9-7-3-6(5-13-7)4-11-2-1-10-8(11)12/h3,5H,1-2,4H2,(H,10,12). The molecular weight excluding hydrogens is 236 g/mol. The third kappa shape index (κ3) is 1.85. The number of nitrogens with one attached hydrogen (secondary N) is 1. The smallest absolute Gasteiger partial charge is 0.317 e. The topological polar surface area (TPSA) is 45.5 Å². The molecule has 0 bridgehead atoms. The highest BCUT2D eigenvalue weighted by atomic mass is 79.9. The van der Waals surface area contributed by atoms with Crippen LogP contribution in [0.15, 0.2) is 21.4 Å². The van der Waals surface area contributed by atoms with Crippen LogP contribution in [0.1, 0.15) is 5.56 Å². The van der Waals surface area contributed by atoms with Gasteiger partial charge in [0.1, 0.15) is 0 Å². The van der Waals surface area contributed by atoms with Gasteiger partial charge in [-0.1, -0.05) is 0 Å². The van der Waals surface area contributed by atoms with Crippen LogP contribution in [0.25, 0.3) is 0 Å². The predicted molar refractivity (Wildman–Crippen MR) is 50.2 cm³/mol. The van der Waals surface area contributed by atoms with Crippen LogP contribution in [0.4, 0.5) is 4.79 Å². The zero-order valence-corrected chi connectivity index (χ0v) is 8.50. The minimum absolute atomic E-state index is 0.00248. The maximum atomic E-state index is 11.2. The molecule has 0 aromatic carbocycles. The van der Waals surface area contributed by atoms with Crippen LogP contribution in [0.3, 0.4) is 0 Å². The second-order valence-electron chi connectivity index (χ2n) is 2.91. The molecule has 13 heavy (non-hydrogen) atoms. The van der Waals surface area contributed by atoms with E-state index < -0.39 is 0 Å². The van der Waals surface area contributed by atoms with Crippen molar-refractivity contribution in [2.24, 2.45) is 0 Å². The Morgan fingerprint density at radius 1 is 1.69 bits per heavy atom. The van der Waals surface area contributed by atoms with E-state index in [1.807, 2.05) is 6.07 Å². The fourth-order valence-corrected chi connectivity index (χ4v) is 1.70. The number of furan rings is 1. The monoisotopic (exact) mass is 244 g/mol. The minimum Gasteiger partial charge on any atom is -0.457 e. The van der Waals surface area contributed by atoms with E-state index in [1.165, 1.54) is 0 Å². The van der Waals surface area contributed by atoms with Crippen molar-refractivity contribution in [3.05, 3.63) is 22.6 Å². The van der Waals surface area contributed by atoms with Crippen LogP contribution in [0.2, 0.25) is 0 Å². The second kappa shape index (κ2) is 3.41. The van der Waals surface area contributed by atoms with Crippen LogP contribution in [0.5, 0.6) is 0 Å². The van der Waals surface area contributed by atoms with Gasteiger partial charge in [0, 0.05) is 18.7 Å². The van der Waals surface area contributed by atoms with Crippen molar-refractivity contribution >= 4 is 22.0 Å². The number of urea groups is 1. The maximum Gasteiger partial charge on any atom is 0.317 e. The Balaban J connectivity index is 2.01. The summed E-state index contributed by atoms with van der Waals surface area (Å²) in [4.78, 5) is 12.9. The first-order valence-electron chi connectivity index (χ1n) is 4.01. The van der Waals surface area contributed by atoms with Gasteiger partial charge in [-0.05, 0) is 22.0 Å². The summed E-state index contributed by atoms with van der Waals surface area (Å²) in [5.41, 5.74) is 1.00. The lowest BCUT2D eigenvalue weighted by Crippen LogP contribution is -2.27. The van der Waals surface area contributed by atoms with Gasteiger partial charge in [0.05, 0.1) is 12.8 Å². The summed E-state index contributed by atoms with van der Waals surface area (Å²) >= 11 is 3.21. The first-order valence-corrected chi connectivity index (χ1v) is 4.81. The van der Waals surface area contributed by atoms with E-state index >= 15 is 0 Å². The molecule has 70 valence electrons. The molecule has 2 rings (SSSR count). The van der Waals surface area contributed by atoms with Gasteiger partial charge < -0.3 is 14.6 Å². The van der Waals surface area contributed by atoms with Crippen LogP contribution < -0.4 is 5.32 Å². The number of rotatable bonds is 2. The molecule has 0 unspecified atom stereocenters. The number of halogens is 1. The molecular formula is C8H9BrN2O2. The average molecular weight is 245 g/mol. The van der Waals surface area contributed by atoms with E-state index in [-0.39, 0.29) is 6.03 Å². The molecule has 2 heterocycles. The number of nitrogens with zero attached hydrogens (tertiary/aromatic N) is 1. The van der Waals surface area contributed by atoms with E-state index in [0.717, 1.165) is 18.7 Å². The lowest BCUT2D eigenvalue weighted by molar-refractivity contribution is 0.215. The van der Waals surface area contributed by atoms with E-state index in [0.29, 0.717) is 11.2 Å². The second-order valence-corrected chi connectivity index (χ2v) is 3.69. The van der Waals surface area contributed by atoms with Gasteiger partial charge in [-0.25, -0.2) is 4.79 Å². The molecule has 1 N–H and O–H groups in total. The van der Waals surface area contributed by atoms with Crippen molar-refractivity contribution in [3.63, 3.8) is 0 Å². The summed E-state index contributed by atoms with van der Waals surface area (Å²) in [5, 5.41) is 2.74. The summed E-state index contributed by atoms with van der Waals surface area (Å²) < 4.78 is 5.76. The van der Waals surface area contributed by atoms with Crippen LogP contribution >= 0.6 is 15.9 Å². The van der Waals surface area contributed by atoms with Crippen molar-refractivity contribution in [3.8, 4) is 0 Å². The van der Waals surface area contributed by atoms with Gasteiger partial charge in [-0.2, -0.15) is 0 Å². The number of carbonyl (C=O) groups excluding carboxylic acids is 1. The van der Waals surface area contributed by atoms with Crippen molar-refractivity contribution in [2.45, 2.75) is 6.54 Å². The summed E-state index contributed by atoms with van der Waals surface area (Å²) in [6.07, 6.45) is 1.65. The number of amides is 2. The largest absolute Gasteiger partial charge is 0.457 e. The van der Waals surface area contributed by atoms with Crippen molar-refractivity contribution < 1.29 is 9.21 Å². The molecule has 2 amide bonds. The average Bonchev–Trinajstić information content (AvgIpc) is 2.64. The van der Waals surface area contributed by atoms with Gasteiger partial charge in [-0.15, -0.1) is 0 Å². The van der Waals surface area contributed by atoms with Crippen molar-refractivity contribution in [2.75, 3.05) is 13.1 Å². The molecule has 0 atom stereocenters. The minimum atomic E-state index is -0.00248. The van der Waals surface area contributed by atoms with Crippen LogP contribution in [-0.4, -0.2) is 24.0 Å². The highest BCUT2D eigenvalue weighted by molar-refractivity contribution is 9.10. The molecule has 0 radical (unpaired) electrons. The van der Waals surface area contributed by atoms with Gasteiger partial charge in [0.15, 0.2) is 4.67 Å². The summed E-state index contributed by atoms with van der Waals surface area (Å²) in [6.45, 7) is 2.11. The maximum absolute atomic E-state index is 11.2. The van der Waals surface area contributed by atoms with Crippen LogP contribution in [0, 0.1) is 0 Å². The molecule has 0 saturated carbocycles. The number of hydrogen-bond donors (Lipinski definition) is 1. The molecule has 4 nitrogen and oxygen atoms in total. The van der Waals surface area contributed by atoms with Gasteiger partial charge in [0.2, 0.25) is 0 Å². The fourth-order valence-electron chi connectivity index (χ4n) is 1.31. The number of carbonyl (C=O) groups is 1. The molecule has 1 aromatic rings. The third-order valence-corrected chi connectivity index (χ3v) is 2.36. The molecule has 1 saturated heterocycles. The molecule has 0 aliphatic carbocycles. The Morgan fingerprint density at radius 3 is 3.08 bits per heavy atom. The lowest BCUT2D eigenvalue weighted by Gasteiger charge is -2.11. The Morgan fingerprint density at radius 2 is 2.54 bits per heavy atom. The summed E-state index contributed by atoms with van der Waals surface area (Å²) in [7, 11) is 0. The van der Waals surface area contributed by atoms with E-state index in [2.05, 4.69) is 21.2 Å². The summed E-state index contributed by atoms with van der Waals surface area (Å²) in [6, 6.07) is 1.86. The zero-order chi connectivity index (χ0) is 9.26. The normalized spacial score (nSPS) is 16.4.